The minimum atomic E-state index is 0.609. The van der Waals surface area contributed by atoms with Crippen molar-refractivity contribution < 1.29 is 4.74 Å². The molecule has 4 nitrogen and oxygen atoms in total. The second kappa shape index (κ2) is 2.48. The summed E-state index contributed by atoms with van der Waals surface area (Å²) in [6, 6.07) is 0. The Morgan fingerprint density at radius 1 is 1.42 bits per heavy atom. The Bertz CT molecular complexity index is 408. The SMILES string of the molecule is COc1nccn2c(C)ncc12. The molecule has 0 atom stereocenters. The monoisotopic (exact) mass is 163 g/mol. The van der Waals surface area contributed by atoms with Gasteiger partial charge in [0.05, 0.1) is 13.3 Å². The first kappa shape index (κ1) is 7.09. The topological polar surface area (TPSA) is 39.4 Å². The van der Waals surface area contributed by atoms with Crippen molar-refractivity contribution in [3.8, 4) is 5.88 Å². The molecular weight excluding hydrogens is 154 g/mol. The van der Waals surface area contributed by atoms with Crippen molar-refractivity contribution in [2.45, 2.75) is 6.92 Å². The fraction of sp³-hybridized carbons (Fsp3) is 0.250. The largest absolute Gasteiger partial charge is 0.479 e. The Morgan fingerprint density at radius 3 is 3.00 bits per heavy atom. The van der Waals surface area contributed by atoms with Gasteiger partial charge in [0.1, 0.15) is 11.3 Å². The van der Waals surface area contributed by atoms with Gasteiger partial charge in [-0.05, 0) is 6.92 Å². The van der Waals surface area contributed by atoms with Gasteiger partial charge in [-0.1, -0.05) is 0 Å². The predicted molar refractivity (Wildman–Crippen MR) is 44.3 cm³/mol. The summed E-state index contributed by atoms with van der Waals surface area (Å²) in [5.41, 5.74) is 0.900. The number of rotatable bonds is 1. The Labute approximate surface area is 69.8 Å². The number of methoxy groups -OCH3 is 1. The van der Waals surface area contributed by atoms with Crippen LogP contribution >= 0.6 is 0 Å². The Morgan fingerprint density at radius 2 is 2.25 bits per heavy atom. The van der Waals surface area contributed by atoms with Gasteiger partial charge in [0.25, 0.3) is 0 Å². The number of ether oxygens (including phenoxy) is 1. The van der Waals surface area contributed by atoms with Crippen molar-refractivity contribution in [2.75, 3.05) is 7.11 Å². The molecule has 4 heteroatoms. The van der Waals surface area contributed by atoms with Crippen molar-refractivity contribution in [1.29, 1.82) is 0 Å². The minimum absolute atomic E-state index is 0.609. The lowest BCUT2D eigenvalue weighted by Gasteiger charge is -2.00. The van der Waals surface area contributed by atoms with Gasteiger partial charge in [0, 0.05) is 12.4 Å². The number of aromatic nitrogens is 3. The molecular formula is C8H9N3O. The smallest absolute Gasteiger partial charge is 0.239 e. The first-order chi connectivity index (χ1) is 5.83. The van der Waals surface area contributed by atoms with Gasteiger partial charge in [-0.3, -0.25) is 4.40 Å². The molecule has 0 radical (unpaired) electrons. The van der Waals surface area contributed by atoms with Crippen LogP contribution < -0.4 is 4.74 Å². The van der Waals surface area contributed by atoms with Crippen molar-refractivity contribution in [1.82, 2.24) is 14.4 Å². The molecule has 0 bridgehead atoms. The van der Waals surface area contributed by atoms with Crippen molar-refractivity contribution in [3.05, 3.63) is 24.4 Å². The van der Waals surface area contributed by atoms with E-state index in [1.165, 1.54) is 0 Å². The maximum Gasteiger partial charge on any atom is 0.239 e. The van der Waals surface area contributed by atoms with E-state index in [1.54, 1.807) is 19.5 Å². The molecule has 0 unspecified atom stereocenters. The molecule has 2 aromatic rings. The molecule has 2 rings (SSSR count). The zero-order valence-corrected chi connectivity index (χ0v) is 6.98. The van der Waals surface area contributed by atoms with Crippen LogP contribution in [0.4, 0.5) is 0 Å². The third kappa shape index (κ3) is 0.845. The van der Waals surface area contributed by atoms with Gasteiger partial charge in [0.2, 0.25) is 5.88 Å². The van der Waals surface area contributed by atoms with Crippen LogP contribution in [0.15, 0.2) is 18.6 Å². The number of aryl methyl sites for hydroxylation is 1. The zero-order valence-electron chi connectivity index (χ0n) is 6.98. The molecule has 62 valence electrons. The fourth-order valence-corrected chi connectivity index (χ4v) is 1.19. The van der Waals surface area contributed by atoms with Crippen molar-refractivity contribution >= 4 is 5.52 Å². The van der Waals surface area contributed by atoms with Gasteiger partial charge in [-0.2, -0.15) is 0 Å². The van der Waals surface area contributed by atoms with Crippen LogP contribution in [0.2, 0.25) is 0 Å². The summed E-state index contributed by atoms with van der Waals surface area (Å²) < 4.78 is 7.01. The van der Waals surface area contributed by atoms with E-state index in [4.69, 9.17) is 4.74 Å². The fourth-order valence-electron chi connectivity index (χ4n) is 1.19. The molecule has 12 heavy (non-hydrogen) atoms. The number of fused-ring (bicyclic) bond motifs is 1. The Hall–Kier alpha value is -1.58. The summed E-state index contributed by atoms with van der Waals surface area (Å²) in [4.78, 5) is 8.20. The van der Waals surface area contributed by atoms with Crippen LogP contribution in [0.5, 0.6) is 5.88 Å². The molecule has 0 aromatic carbocycles. The zero-order chi connectivity index (χ0) is 8.55. The van der Waals surface area contributed by atoms with Gasteiger partial charge in [-0.25, -0.2) is 9.97 Å². The van der Waals surface area contributed by atoms with E-state index in [1.807, 2.05) is 17.5 Å². The van der Waals surface area contributed by atoms with Gasteiger partial charge in [-0.15, -0.1) is 0 Å². The summed E-state index contributed by atoms with van der Waals surface area (Å²) in [5, 5.41) is 0. The molecule has 0 N–H and O–H groups in total. The van der Waals surface area contributed by atoms with E-state index in [-0.39, 0.29) is 0 Å². The van der Waals surface area contributed by atoms with E-state index in [9.17, 15) is 0 Å². The van der Waals surface area contributed by atoms with Gasteiger partial charge in [0.15, 0.2) is 0 Å². The predicted octanol–water partition coefficient (Wildman–Crippen LogP) is 1.05. The number of imidazole rings is 1. The van der Waals surface area contributed by atoms with Crippen LogP contribution in [0.3, 0.4) is 0 Å². The van der Waals surface area contributed by atoms with Crippen LogP contribution in [0, 0.1) is 6.92 Å². The lowest BCUT2D eigenvalue weighted by Crippen LogP contribution is -1.93. The van der Waals surface area contributed by atoms with E-state index in [0.29, 0.717) is 5.88 Å². The molecule has 0 aliphatic carbocycles. The van der Waals surface area contributed by atoms with Crippen LogP contribution in [0.1, 0.15) is 5.82 Å². The minimum Gasteiger partial charge on any atom is -0.479 e. The average Bonchev–Trinajstić information content (AvgIpc) is 2.48. The second-order valence-corrected chi connectivity index (χ2v) is 2.50. The molecule has 0 aliphatic heterocycles. The van der Waals surface area contributed by atoms with Crippen LogP contribution in [-0.4, -0.2) is 21.5 Å². The van der Waals surface area contributed by atoms with Crippen molar-refractivity contribution in [2.24, 2.45) is 0 Å². The molecule has 2 aromatic heterocycles. The van der Waals surface area contributed by atoms with Crippen molar-refractivity contribution in [3.63, 3.8) is 0 Å². The number of hydrogen-bond donors (Lipinski definition) is 0. The second-order valence-electron chi connectivity index (χ2n) is 2.50. The normalized spacial score (nSPS) is 10.5. The van der Waals surface area contributed by atoms with Crippen LogP contribution in [-0.2, 0) is 0 Å². The Kier molecular flexibility index (Phi) is 1.46. The molecule has 0 fully saturated rings. The van der Waals surface area contributed by atoms with E-state index in [2.05, 4.69) is 9.97 Å². The first-order valence-corrected chi connectivity index (χ1v) is 3.65. The summed E-state index contributed by atoms with van der Waals surface area (Å²) in [7, 11) is 1.60. The summed E-state index contributed by atoms with van der Waals surface area (Å²) in [6.07, 6.45) is 5.31. The molecule has 0 saturated carbocycles. The van der Waals surface area contributed by atoms with E-state index >= 15 is 0 Å². The summed E-state index contributed by atoms with van der Waals surface area (Å²) in [5.74, 6) is 1.55. The number of nitrogens with zero attached hydrogens (tertiary/aromatic N) is 3. The lowest BCUT2D eigenvalue weighted by atomic mass is 10.5. The maximum atomic E-state index is 5.07. The maximum absolute atomic E-state index is 5.07. The third-order valence-electron chi connectivity index (χ3n) is 1.80. The molecule has 0 amide bonds. The average molecular weight is 163 g/mol. The molecule has 0 spiro atoms. The van der Waals surface area contributed by atoms with E-state index < -0.39 is 0 Å². The highest BCUT2D eigenvalue weighted by molar-refractivity contribution is 5.55. The quantitative estimate of drug-likeness (QED) is 0.630. The molecule has 0 saturated heterocycles. The lowest BCUT2D eigenvalue weighted by molar-refractivity contribution is 0.401. The molecule has 2 heterocycles. The summed E-state index contributed by atoms with van der Waals surface area (Å²) >= 11 is 0. The van der Waals surface area contributed by atoms with Gasteiger partial charge >= 0.3 is 0 Å². The highest BCUT2D eigenvalue weighted by Gasteiger charge is 2.03. The highest BCUT2D eigenvalue weighted by Crippen LogP contribution is 2.15. The Balaban J connectivity index is 2.81. The summed E-state index contributed by atoms with van der Waals surface area (Å²) in [6.45, 7) is 1.94. The molecule has 0 aliphatic rings. The van der Waals surface area contributed by atoms with Crippen LogP contribution in [0.25, 0.3) is 5.52 Å². The first-order valence-electron chi connectivity index (χ1n) is 3.65. The highest BCUT2D eigenvalue weighted by atomic mass is 16.5. The third-order valence-corrected chi connectivity index (χ3v) is 1.80. The number of hydrogen-bond acceptors (Lipinski definition) is 3. The van der Waals surface area contributed by atoms with E-state index in [0.717, 1.165) is 11.3 Å². The van der Waals surface area contributed by atoms with Gasteiger partial charge < -0.3 is 4.74 Å². The standard InChI is InChI=1S/C8H9N3O/c1-6-10-5-7-8(12-2)9-3-4-11(6)7/h3-5H,1-2H3.